The van der Waals surface area contributed by atoms with Crippen LogP contribution in [0.2, 0.25) is 0 Å². The molecule has 0 aromatic heterocycles. The molecule has 1 atom stereocenters. The van der Waals surface area contributed by atoms with Gasteiger partial charge in [0.25, 0.3) is 0 Å². The SMILES string of the molecule is CCC(CC)(CC)C(C)CO. The van der Waals surface area contributed by atoms with Crippen molar-refractivity contribution in [3.8, 4) is 0 Å². The van der Waals surface area contributed by atoms with Crippen molar-refractivity contribution in [1.29, 1.82) is 0 Å². The average Bonchev–Trinajstić information content (AvgIpc) is 2.08. The minimum atomic E-state index is 0.329. The molecule has 0 heterocycles. The summed E-state index contributed by atoms with van der Waals surface area (Å²) in [6.07, 6.45) is 3.55. The molecular formula is C10H22O. The lowest BCUT2D eigenvalue weighted by molar-refractivity contribution is 0.0860. The van der Waals surface area contributed by atoms with Crippen LogP contribution in [-0.4, -0.2) is 11.7 Å². The van der Waals surface area contributed by atoms with Crippen LogP contribution in [0.4, 0.5) is 0 Å². The highest BCUT2D eigenvalue weighted by molar-refractivity contribution is 4.80. The molecule has 1 nitrogen and oxygen atoms in total. The fourth-order valence-corrected chi connectivity index (χ4v) is 1.99. The van der Waals surface area contributed by atoms with Crippen LogP contribution in [0, 0.1) is 11.3 Å². The van der Waals surface area contributed by atoms with Gasteiger partial charge in [-0.05, 0) is 11.3 Å². The van der Waals surface area contributed by atoms with E-state index >= 15 is 0 Å². The summed E-state index contributed by atoms with van der Waals surface area (Å²) in [5, 5.41) is 9.06. The molecule has 0 saturated heterocycles. The minimum Gasteiger partial charge on any atom is -0.396 e. The number of aliphatic hydroxyl groups excluding tert-OH is 1. The molecule has 0 aliphatic heterocycles. The van der Waals surface area contributed by atoms with Crippen LogP contribution < -0.4 is 0 Å². The first-order valence-corrected chi connectivity index (χ1v) is 4.77. The lowest BCUT2D eigenvalue weighted by Crippen LogP contribution is -2.29. The van der Waals surface area contributed by atoms with Crippen molar-refractivity contribution >= 4 is 0 Å². The largest absolute Gasteiger partial charge is 0.396 e. The molecular weight excluding hydrogens is 136 g/mol. The third-order valence-electron chi connectivity index (χ3n) is 3.43. The third-order valence-corrected chi connectivity index (χ3v) is 3.43. The molecule has 11 heavy (non-hydrogen) atoms. The zero-order valence-electron chi connectivity index (χ0n) is 8.35. The zero-order valence-corrected chi connectivity index (χ0v) is 8.35. The molecule has 0 aliphatic rings. The molecule has 0 amide bonds. The first-order valence-electron chi connectivity index (χ1n) is 4.77. The van der Waals surface area contributed by atoms with E-state index in [9.17, 15) is 0 Å². The highest BCUT2D eigenvalue weighted by atomic mass is 16.3. The van der Waals surface area contributed by atoms with Crippen LogP contribution in [0.1, 0.15) is 47.0 Å². The molecule has 0 saturated carbocycles. The van der Waals surface area contributed by atoms with Gasteiger partial charge in [-0.3, -0.25) is 0 Å². The maximum Gasteiger partial charge on any atom is 0.0461 e. The van der Waals surface area contributed by atoms with Crippen molar-refractivity contribution in [3.05, 3.63) is 0 Å². The summed E-state index contributed by atoms with van der Waals surface area (Å²) >= 11 is 0. The first-order chi connectivity index (χ1) is 5.16. The van der Waals surface area contributed by atoms with Gasteiger partial charge >= 0.3 is 0 Å². The van der Waals surface area contributed by atoms with Gasteiger partial charge in [-0.2, -0.15) is 0 Å². The van der Waals surface area contributed by atoms with E-state index in [1.54, 1.807) is 0 Å². The lowest BCUT2D eigenvalue weighted by Gasteiger charge is -2.36. The summed E-state index contributed by atoms with van der Waals surface area (Å²) in [4.78, 5) is 0. The Hall–Kier alpha value is -0.0400. The van der Waals surface area contributed by atoms with Crippen LogP contribution in [0.25, 0.3) is 0 Å². The van der Waals surface area contributed by atoms with E-state index in [4.69, 9.17) is 5.11 Å². The number of hydrogen-bond donors (Lipinski definition) is 1. The topological polar surface area (TPSA) is 20.2 Å². The predicted molar refractivity (Wildman–Crippen MR) is 49.6 cm³/mol. The van der Waals surface area contributed by atoms with Crippen molar-refractivity contribution in [1.82, 2.24) is 0 Å². The molecule has 0 rings (SSSR count). The van der Waals surface area contributed by atoms with E-state index in [1.807, 2.05) is 0 Å². The van der Waals surface area contributed by atoms with E-state index in [-0.39, 0.29) is 0 Å². The molecule has 68 valence electrons. The monoisotopic (exact) mass is 158 g/mol. The zero-order chi connectivity index (χ0) is 8.91. The standard InChI is InChI=1S/C10H22O/c1-5-10(6-2,7-3)9(4)8-11/h9,11H,5-8H2,1-4H3. The number of rotatable bonds is 5. The molecule has 1 N–H and O–H groups in total. The summed E-state index contributed by atoms with van der Waals surface area (Å²) < 4.78 is 0. The smallest absolute Gasteiger partial charge is 0.0461 e. The van der Waals surface area contributed by atoms with Crippen LogP contribution in [-0.2, 0) is 0 Å². The fraction of sp³-hybridized carbons (Fsp3) is 1.00. The summed E-state index contributed by atoms with van der Waals surface area (Å²) in [7, 11) is 0. The molecule has 0 bridgehead atoms. The molecule has 1 unspecified atom stereocenters. The Bertz CT molecular complexity index is 86.8. The van der Waals surface area contributed by atoms with Gasteiger partial charge in [0.15, 0.2) is 0 Å². The van der Waals surface area contributed by atoms with Gasteiger partial charge in [0.05, 0.1) is 0 Å². The van der Waals surface area contributed by atoms with Crippen molar-refractivity contribution in [3.63, 3.8) is 0 Å². The molecule has 0 spiro atoms. The Morgan fingerprint density at radius 2 is 1.45 bits per heavy atom. The van der Waals surface area contributed by atoms with Gasteiger partial charge in [0.2, 0.25) is 0 Å². The van der Waals surface area contributed by atoms with E-state index in [2.05, 4.69) is 27.7 Å². The lowest BCUT2D eigenvalue weighted by atomic mass is 9.70. The van der Waals surface area contributed by atoms with Crippen molar-refractivity contribution < 1.29 is 5.11 Å². The molecule has 0 radical (unpaired) electrons. The first kappa shape index (κ1) is 11.0. The second kappa shape index (κ2) is 4.76. The van der Waals surface area contributed by atoms with E-state index < -0.39 is 0 Å². The fourth-order valence-electron chi connectivity index (χ4n) is 1.99. The minimum absolute atomic E-state index is 0.329. The highest BCUT2D eigenvalue weighted by Gasteiger charge is 2.29. The van der Waals surface area contributed by atoms with E-state index in [0.717, 1.165) is 0 Å². The summed E-state index contributed by atoms with van der Waals surface area (Å²) in [5.41, 5.74) is 0.384. The molecule has 1 heteroatoms. The number of aliphatic hydroxyl groups is 1. The van der Waals surface area contributed by atoms with Crippen molar-refractivity contribution in [2.24, 2.45) is 11.3 Å². The van der Waals surface area contributed by atoms with E-state index in [0.29, 0.717) is 17.9 Å². The van der Waals surface area contributed by atoms with Crippen molar-refractivity contribution in [2.45, 2.75) is 47.0 Å². The molecule has 0 aliphatic carbocycles. The summed E-state index contributed by atoms with van der Waals surface area (Å²) in [6.45, 7) is 9.14. The highest BCUT2D eigenvalue weighted by Crippen LogP contribution is 2.38. The third kappa shape index (κ3) is 2.19. The Morgan fingerprint density at radius 3 is 1.55 bits per heavy atom. The van der Waals surface area contributed by atoms with Gasteiger partial charge in [0, 0.05) is 6.61 Å². The molecule has 0 aromatic rings. The van der Waals surface area contributed by atoms with Gasteiger partial charge in [0.1, 0.15) is 0 Å². The quantitative estimate of drug-likeness (QED) is 0.652. The second-order valence-electron chi connectivity index (χ2n) is 3.51. The Balaban J connectivity index is 4.26. The number of hydrogen-bond acceptors (Lipinski definition) is 1. The van der Waals surface area contributed by atoms with Crippen molar-refractivity contribution in [2.75, 3.05) is 6.61 Å². The van der Waals surface area contributed by atoms with Gasteiger partial charge in [-0.25, -0.2) is 0 Å². The Morgan fingerprint density at radius 1 is 1.09 bits per heavy atom. The normalized spacial score (nSPS) is 15.0. The summed E-state index contributed by atoms with van der Waals surface area (Å²) in [5.74, 6) is 0.447. The average molecular weight is 158 g/mol. The van der Waals surface area contributed by atoms with Gasteiger partial charge < -0.3 is 5.11 Å². The van der Waals surface area contributed by atoms with Crippen LogP contribution in [0.15, 0.2) is 0 Å². The second-order valence-corrected chi connectivity index (χ2v) is 3.51. The Labute approximate surface area is 70.8 Å². The molecule has 0 fully saturated rings. The maximum absolute atomic E-state index is 9.06. The van der Waals surface area contributed by atoms with Crippen LogP contribution in [0.3, 0.4) is 0 Å². The maximum atomic E-state index is 9.06. The molecule has 0 aromatic carbocycles. The van der Waals surface area contributed by atoms with Crippen LogP contribution in [0.5, 0.6) is 0 Å². The predicted octanol–water partition coefficient (Wildman–Crippen LogP) is 2.83. The Kier molecular flexibility index (Phi) is 4.74. The van der Waals surface area contributed by atoms with Gasteiger partial charge in [-0.1, -0.05) is 47.0 Å². The van der Waals surface area contributed by atoms with Crippen LogP contribution >= 0.6 is 0 Å². The van der Waals surface area contributed by atoms with Gasteiger partial charge in [-0.15, -0.1) is 0 Å². The summed E-state index contributed by atoms with van der Waals surface area (Å²) in [6, 6.07) is 0. The van der Waals surface area contributed by atoms with E-state index in [1.165, 1.54) is 19.3 Å².